The standard InChI is InChI=1S/C21H36N4O/c1-16(2)25(17(3)4)13-6-11-23-21(22-5)24-12-9-18-7-8-20-19(15-18)10-14-26-20/h7-8,15-17H,6,9-14H2,1-5H3,(H2,22,23,24). The molecule has 0 aliphatic carbocycles. The molecule has 0 amide bonds. The molecule has 0 bridgehead atoms. The number of hydrogen-bond acceptors (Lipinski definition) is 3. The molecular formula is C21H36N4O. The van der Waals surface area contributed by atoms with Crippen LogP contribution in [-0.2, 0) is 12.8 Å². The van der Waals surface area contributed by atoms with Crippen molar-refractivity contribution in [2.75, 3.05) is 33.3 Å². The first kappa shape index (κ1) is 20.6. The Hall–Kier alpha value is -1.75. The van der Waals surface area contributed by atoms with Crippen molar-refractivity contribution in [2.24, 2.45) is 4.99 Å². The first-order valence-electron chi connectivity index (χ1n) is 9.96. The van der Waals surface area contributed by atoms with Crippen LogP contribution >= 0.6 is 0 Å². The molecule has 0 atom stereocenters. The van der Waals surface area contributed by atoms with E-state index in [9.17, 15) is 0 Å². The van der Waals surface area contributed by atoms with Crippen LogP contribution in [0, 0.1) is 0 Å². The van der Waals surface area contributed by atoms with Gasteiger partial charge in [-0.05, 0) is 57.7 Å². The Morgan fingerprint density at radius 1 is 1.15 bits per heavy atom. The maximum Gasteiger partial charge on any atom is 0.190 e. The van der Waals surface area contributed by atoms with E-state index in [2.05, 4.69) is 66.4 Å². The molecule has 0 aromatic heterocycles. The van der Waals surface area contributed by atoms with Crippen LogP contribution in [-0.4, -0.2) is 56.2 Å². The van der Waals surface area contributed by atoms with Crippen LogP contribution in [0.25, 0.3) is 0 Å². The van der Waals surface area contributed by atoms with E-state index in [0.29, 0.717) is 12.1 Å². The summed E-state index contributed by atoms with van der Waals surface area (Å²) in [6.45, 7) is 12.8. The molecule has 0 saturated carbocycles. The van der Waals surface area contributed by atoms with Crippen molar-refractivity contribution in [1.29, 1.82) is 0 Å². The molecule has 0 radical (unpaired) electrons. The molecule has 1 aromatic carbocycles. The largest absolute Gasteiger partial charge is 0.493 e. The fourth-order valence-electron chi connectivity index (χ4n) is 3.52. The van der Waals surface area contributed by atoms with E-state index >= 15 is 0 Å². The number of nitrogens with one attached hydrogen (secondary N) is 2. The van der Waals surface area contributed by atoms with Crippen molar-refractivity contribution in [2.45, 2.75) is 59.0 Å². The Balaban J connectivity index is 1.66. The number of benzene rings is 1. The van der Waals surface area contributed by atoms with Gasteiger partial charge in [-0.1, -0.05) is 12.1 Å². The monoisotopic (exact) mass is 360 g/mol. The molecule has 1 heterocycles. The summed E-state index contributed by atoms with van der Waals surface area (Å²) in [5.74, 6) is 1.94. The summed E-state index contributed by atoms with van der Waals surface area (Å²) < 4.78 is 5.57. The van der Waals surface area contributed by atoms with Crippen molar-refractivity contribution in [3.8, 4) is 5.75 Å². The summed E-state index contributed by atoms with van der Waals surface area (Å²) in [4.78, 5) is 6.85. The zero-order chi connectivity index (χ0) is 18.9. The predicted octanol–water partition coefficient (Wildman–Crippen LogP) is 2.84. The van der Waals surface area contributed by atoms with Crippen molar-refractivity contribution >= 4 is 5.96 Å². The Labute approximate surface area is 159 Å². The van der Waals surface area contributed by atoms with Gasteiger partial charge in [0.15, 0.2) is 5.96 Å². The van der Waals surface area contributed by atoms with Crippen LogP contribution in [0.15, 0.2) is 23.2 Å². The second-order valence-corrected chi connectivity index (χ2v) is 7.50. The molecule has 0 saturated heterocycles. The molecule has 5 nitrogen and oxygen atoms in total. The molecule has 5 heteroatoms. The molecule has 0 unspecified atom stereocenters. The minimum Gasteiger partial charge on any atom is -0.493 e. The SMILES string of the molecule is CN=C(NCCCN(C(C)C)C(C)C)NCCc1ccc2c(c1)CCO2. The fourth-order valence-corrected chi connectivity index (χ4v) is 3.52. The number of aliphatic imine (C=N–C) groups is 1. The average Bonchev–Trinajstić information content (AvgIpc) is 3.07. The van der Waals surface area contributed by atoms with Crippen LogP contribution in [0.3, 0.4) is 0 Å². The lowest BCUT2D eigenvalue weighted by Crippen LogP contribution is -2.41. The molecular weight excluding hydrogens is 324 g/mol. The van der Waals surface area contributed by atoms with E-state index in [1.165, 1.54) is 11.1 Å². The van der Waals surface area contributed by atoms with E-state index in [4.69, 9.17) is 4.74 Å². The number of guanidine groups is 1. The van der Waals surface area contributed by atoms with Gasteiger partial charge in [0.1, 0.15) is 5.75 Å². The molecule has 26 heavy (non-hydrogen) atoms. The van der Waals surface area contributed by atoms with Gasteiger partial charge in [0.05, 0.1) is 6.61 Å². The summed E-state index contributed by atoms with van der Waals surface area (Å²) in [5.41, 5.74) is 2.69. The highest BCUT2D eigenvalue weighted by Crippen LogP contribution is 2.25. The van der Waals surface area contributed by atoms with Gasteiger partial charge >= 0.3 is 0 Å². The van der Waals surface area contributed by atoms with Gasteiger partial charge in [0, 0.05) is 45.2 Å². The number of fused-ring (bicyclic) bond motifs is 1. The zero-order valence-corrected chi connectivity index (χ0v) is 17.1. The van der Waals surface area contributed by atoms with Crippen LogP contribution in [0.4, 0.5) is 0 Å². The number of hydrogen-bond donors (Lipinski definition) is 2. The normalized spacial score (nSPS) is 14.1. The fraction of sp³-hybridized carbons (Fsp3) is 0.667. The Morgan fingerprint density at radius 3 is 2.58 bits per heavy atom. The average molecular weight is 361 g/mol. The molecule has 1 aliphatic rings. The Bertz CT molecular complexity index is 575. The van der Waals surface area contributed by atoms with Crippen LogP contribution < -0.4 is 15.4 Å². The molecule has 146 valence electrons. The Kier molecular flexibility index (Phi) is 8.23. The lowest BCUT2D eigenvalue weighted by atomic mass is 10.1. The lowest BCUT2D eigenvalue weighted by molar-refractivity contribution is 0.173. The van der Waals surface area contributed by atoms with Crippen LogP contribution in [0.1, 0.15) is 45.2 Å². The minimum absolute atomic E-state index is 0.588. The van der Waals surface area contributed by atoms with Gasteiger partial charge in [-0.3, -0.25) is 9.89 Å². The van der Waals surface area contributed by atoms with Crippen molar-refractivity contribution < 1.29 is 4.74 Å². The summed E-state index contributed by atoms with van der Waals surface area (Å²) in [5, 5.41) is 6.84. The summed E-state index contributed by atoms with van der Waals surface area (Å²) in [7, 11) is 1.83. The number of ether oxygens (including phenoxy) is 1. The van der Waals surface area contributed by atoms with Crippen LogP contribution in [0.2, 0.25) is 0 Å². The maximum atomic E-state index is 5.57. The molecule has 0 spiro atoms. The highest BCUT2D eigenvalue weighted by molar-refractivity contribution is 5.79. The predicted molar refractivity (Wildman–Crippen MR) is 110 cm³/mol. The summed E-state index contributed by atoms with van der Waals surface area (Å²) >= 11 is 0. The summed E-state index contributed by atoms with van der Waals surface area (Å²) in [6, 6.07) is 7.70. The van der Waals surface area contributed by atoms with Gasteiger partial charge in [-0.2, -0.15) is 0 Å². The summed E-state index contributed by atoms with van der Waals surface area (Å²) in [6.07, 6.45) is 3.13. The molecule has 2 rings (SSSR count). The highest BCUT2D eigenvalue weighted by Gasteiger charge is 2.13. The molecule has 1 aliphatic heterocycles. The van der Waals surface area contributed by atoms with Gasteiger partial charge in [0.25, 0.3) is 0 Å². The zero-order valence-electron chi connectivity index (χ0n) is 17.1. The Morgan fingerprint density at radius 2 is 1.88 bits per heavy atom. The first-order chi connectivity index (χ1) is 12.5. The van der Waals surface area contributed by atoms with E-state index in [-0.39, 0.29) is 0 Å². The first-order valence-corrected chi connectivity index (χ1v) is 9.96. The van der Waals surface area contributed by atoms with Crippen molar-refractivity contribution in [3.05, 3.63) is 29.3 Å². The number of nitrogens with zero attached hydrogens (tertiary/aromatic N) is 2. The third-order valence-corrected chi connectivity index (χ3v) is 4.90. The third-order valence-electron chi connectivity index (χ3n) is 4.90. The maximum absolute atomic E-state index is 5.57. The van der Waals surface area contributed by atoms with E-state index in [0.717, 1.165) is 57.2 Å². The van der Waals surface area contributed by atoms with Crippen molar-refractivity contribution in [1.82, 2.24) is 15.5 Å². The van der Waals surface area contributed by atoms with Gasteiger partial charge < -0.3 is 15.4 Å². The van der Waals surface area contributed by atoms with E-state index in [1.807, 2.05) is 7.05 Å². The third kappa shape index (κ3) is 6.20. The van der Waals surface area contributed by atoms with Crippen molar-refractivity contribution in [3.63, 3.8) is 0 Å². The second kappa shape index (κ2) is 10.4. The molecule has 0 fully saturated rings. The topological polar surface area (TPSA) is 48.9 Å². The second-order valence-electron chi connectivity index (χ2n) is 7.50. The van der Waals surface area contributed by atoms with Gasteiger partial charge in [0.2, 0.25) is 0 Å². The minimum atomic E-state index is 0.588. The van der Waals surface area contributed by atoms with Gasteiger partial charge in [-0.25, -0.2) is 0 Å². The van der Waals surface area contributed by atoms with Gasteiger partial charge in [-0.15, -0.1) is 0 Å². The molecule has 2 N–H and O–H groups in total. The van der Waals surface area contributed by atoms with E-state index < -0.39 is 0 Å². The highest BCUT2D eigenvalue weighted by atomic mass is 16.5. The molecule has 1 aromatic rings. The smallest absolute Gasteiger partial charge is 0.190 e. The quantitative estimate of drug-likeness (QED) is 0.404. The van der Waals surface area contributed by atoms with Crippen LogP contribution in [0.5, 0.6) is 5.75 Å². The lowest BCUT2D eigenvalue weighted by Gasteiger charge is -2.30. The number of rotatable bonds is 9. The van der Waals surface area contributed by atoms with E-state index in [1.54, 1.807) is 0 Å².